The third-order valence-electron chi connectivity index (χ3n) is 3.17. The van der Waals surface area contributed by atoms with Gasteiger partial charge in [-0.25, -0.2) is 17.5 Å². The van der Waals surface area contributed by atoms with Crippen LogP contribution in [0.3, 0.4) is 0 Å². The van der Waals surface area contributed by atoms with Crippen molar-refractivity contribution in [3.63, 3.8) is 0 Å². The molecule has 0 spiro atoms. The molecule has 1 aromatic heterocycles. The molecule has 6 nitrogen and oxygen atoms in total. The lowest BCUT2D eigenvalue weighted by Crippen LogP contribution is -2.37. The van der Waals surface area contributed by atoms with Gasteiger partial charge < -0.3 is 4.90 Å². The van der Waals surface area contributed by atoms with Gasteiger partial charge in [-0.3, -0.25) is 9.78 Å². The first kappa shape index (κ1) is 18.5. The minimum atomic E-state index is -3.93. The van der Waals surface area contributed by atoms with Crippen LogP contribution in [0.1, 0.15) is 5.56 Å². The Balaban J connectivity index is 1.99. The highest BCUT2D eigenvalue weighted by molar-refractivity contribution is 9.10. The topological polar surface area (TPSA) is 79.4 Å². The number of aromatic nitrogens is 1. The molecule has 2 aromatic rings. The molecule has 2 rings (SSSR count). The Morgan fingerprint density at radius 3 is 2.75 bits per heavy atom. The third kappa shape index (κ3) is 4.83. The zero-order valence-electron chi connectivity index (χ0n) is 12.7. The van der Waals surface area contributed by atoms with Crippen molar-refractivity contribution in [3.05, 3.63) is 58.6 Å². The van der Waals surface area contributed by atoms with Crippen LogP contribution in [0.4, 0.5) is 4.39 Å². The van der Waals surface area contributed by atoms with Gasteiger partial charge in [0.25, 0.3) is 0 Å². The zero-order chi connectivity index (χ0) is 17.7. The highest BCUT2D eigenvalue weighted by atomic mass is 79.9. The molecule has 1 amide bonds. The largest absolute Gasteiger partial charge is 0.340 e. The van der Waals surface area contributed by atoms with Gasteiger partial charge in [-0.15, -0.1) is 0 Å². The number of nitrogens with zero attached hydrogens (tertiary/aromatic N) is 2. The van der Waals surface area contributed by atoms with Crippen LogP contribution in [0.15, 0.2) is 52.1 Å². The molecule has 128 valence electrons. The van der Waals surface area contributed by atoms with Gasteiger partial charge in [-0.2, -0.15) is 0 Å². The number of amides is 1. The lowest BCUT2D eigenvalue weighted by atomic mass is 10.3. The first-order valence-corrected chi connectivity index (χ1v) is 9.15. The fourth-order valence-corrected chi connectivity index (χ4v) is 3.94. The Kier molecular flexibility index (Phi) is 6.03. The van der Waals surface area contributed by atoms with Crippen molar-refractivity contribution in [3.8, 4) is 0 Å². The molecule has 1 aromatic carbocycles. The van der Waals surface area contributed by atoms with E-state index in [-0.39, 0.29) is 9.37 Å². The maximum atomic E-state index is 13.1. The van der Waals surface area contributed by atoms with E-state index in [1.165, 1.54) is 4.90 Å². The van der Waals surface area contributed by atoms with E-state index in [0.717, 1.165) is 23.8 Å². The average molecular weight is 416 g/mol. The predicted molar refractivity (Wildman–Crippen MR) is 90.0 cm³/mol. The number of hydrogen-bond donors (Lipinski definition) is 1. The van der Waals surface area contributed by atoms with Crippen LogP contribution in [0, 0.1) is 5.82 Å². The van der Waals surface area contributed by atoms with Crippen molar-refractivity contribution in [2.45, 2.75) is 11.4 Å². The van der Waals surface area contributed by atoms with Crippen LogP contribution in [0.25, 0.3) is 0 Å². The Hall–Kier alpha value is -1.84. The first-order valence-electron chi connectivity index (χ1n) is 6.87. The molecule has 9 heteroatoms. The normalized spacial score (nSPS) is 11.3. The molecule has 0 aliphatic rings. The standard InChI is InChI=1S/C15H15BrFN3O3S/c1-20(10-11-3-2-6-18-8-11)15(21)9-19-24(22,23)14-5-4-12(17)7-13(14)16/h2-8,19H,9-10H2,1H3. The molecule has 0 saturated heterocycles. The monoisotopic (exact) mass is 415 g/mol. The first-order chi connectivity index (χ1) is 11.3. The van der Waals surface area contributed by atoms with Crippen molar-refractivity contribution < 1.29 is 17.6 Å². The quantitative estimate of drug-likeness (QED) is 0.781. The highest BCUT2D eigenvalue weighted by Gasteiger charge is 2.20. The molecule has 0 fully saturated rings. The summed E-state index contributed by atoms with van der Waals surface area (Å²) in [5.41, 5.74) is 0.831. The van der Waals surface area contributed by atoms with Gasteiger partial charge in [0, 0.05) is 30.5 Å². The summed E-state index contributed by atoms with van der Waals surface area (Å²) in [6.07, 6.45) is 3.25. The maximum Gasteiger partial charge on any atom is 0.242 e. The Bertz CT molecular complexity index is 831. The number of carbonyl (C=O) groups excluding carboxylic acids is 1. The van der Waals surface area contributed by atoms with E-state index in [9.17, 15) is 17.6 Å². The molecular formula is C15H15BrFN3O3S. The number of halogens is 2. The second-order valence-corrected chi connectivity index (χ2v) is 7.60. The predicted octanol–water partition coefficient (Wildman–Crippen LogP) is 1.92. The second kappa shape index (κ2) is 7.82. The third-order valence-corrected chi connectivity index (χ3v) is 5.54. The summed E-state index contributed by atoms with van der Waals surface area (Å²) in [5, 5.41) is 0. The molecule has 24 heavy (non-hydrogen) atoms. The summed E-state index contributed by atoms with van der Waals surface area (Å²) in [6.45, 7) is -0.0858. The number of likely N-dealkylation sites (N-methyl/N-ethyl adjacent to an activating group) is 1. The number of carbonyl (C=O) groups is 1. The van der Waals surface area contributed by atoms with Crippen molar-refractivity contribution >= 4 is 31.9 Å². The lowest BCUT2D eigenvalue weighted by molar-refractivity contribution is -0.129. The second-order valence-electron chi connectivity index (χ2n) is 5.01. The maximum absolute atomic E-state index is 13.1. The van der Waals surface area contributed by atoms with Crippen LogP contribution in [-0.2, 0) is 21.4 Å². The van der Waals surface area contributed by atoms with E-state index in [4.69, 9.17) is 0 Å². The van der Waals surface area contributed by atoms with E-state index in [1.807, 2.05) is 6.07 Å². The number of benzene rings is 1. The highest BCUT2D eigenvalue weighted by Crippen LogP contribution is 2.22. The van der Waals surface area contributed by atoms with Gasteiger partial charge in [0.1, 0.15) is 5.82 Å². The summed E-state index contributed by atoms with van der Waals surface area (Å²) in [4.78, 5) is 17.3. The van der Waals surface area contributed by atoms with Crippen LogP contribution in [0.2, 0.25) is 0 Å². The van der Waals surface area contributed by atoms with E-state index in [2.05, 4.69) is 25.6 Å². The van der Waals surface area contributed by atoms with Gasteiger partial charge in [0.15, 0.2) is 0 Å². The molecule has 0 atom stereocenters. The Labute approximate surface area is 147 Å². The van der Waals surface area contributed by atoms with Gasteiger partial charge in [-0.05, 0) is 45.8 Å². The summed E-state index contributed by atoms with van der Waals surface area (Å²) < 4.78 is 39.8. The smallest absolute Gasteiger partial charge is 0.242 e. The molecule has 1 heterocycles. The number of pyridine rings is 1. The van der Waals surface area contributed by atoms with Gasteiger partial charge in [0.05, 0.1) is 11.4 Å². The fourth-order valence-electron chi connectivity index (χ4n) is 1.92. The number of sulfonamides is 1. The molecule has 0 unspecified atom stereocenters. The van der Waals surface area contributed by atoms with E-state index in [1.54, 1.807) is 25.5 Å². The number of rotatable bonds is 6. The van der Waals surface area contributed by atoms with Crippen molar-refractivity contribution in [2.24, 2.45) is 0 Å². The zero-order valence-corrected chi connectivity index (χ0v) is 15.1. The molecule has 0 radical (unpaired) electrons. The van der Waals surface area contributed by atoms with Crippen molar-refractivity contribution in [1.29, 1.82) is 0 Å². The average Bonchev–Trinajstić information content (AvgIpc) is 2.53. The number of nitrogens with one attached hydrogen (secondary N) is 1. The van der Waals surface area contributed by atoms with E-state index < -0.39 is 28.3 Å². The Morgan fingerprint density at radius 1 is 1.38 bits per heavy atom. The Morgan fingerprint density at radius 2 is 2.12 bits per heavy atom. The summed E-state index contributed by atoms with van der Waals surface area (Å²) in [7, 11) is -2.37. The minimum absolute atomic E-state index is 0.0890. The van der Waals surface area contributed by atoms with Crippen LogP contribution in [-0.4, -0.2) is 37.8 Å². The van der Waals surface area contributed by atoms with Gasteiger partial charge in [-0.1, -0.05) is 6.07 Å². The van der Waals surface area contributed by atoms with E-state index in [0.29, 0.717) is 6.54 Å². The molecule has 1 N–H and O–H groups in total. The van der Waals surface area contributed by atoms with Crippen LogP contribution >= 0.6 is 15.9 Å². The van der Waals surface area contributed by atoms with E-state index >= 15 is 0 Å². The lowest BCUT2D eigenvalue weighted by Gasteiger charge is -2.17. The summed E-state index contributed by atoms with van der Waals surface area (Å²) in [5.74, 6) is -0.964. The molecule has 0 aliphatic heterocycles. The van der Waals surface area contributed by atoms with Crippen molar-refractivity contribution in [2.75, 3.05) is 13.6 Å². The van der Waals surface area contributed by atoms with Gasteiger partial charge >= 0.3 is 0 Å². The molecule has 0 saturated carbocycles. The van der Waals surface area contributed by atoms with Gasteiger partial charge in [0.2, 0.25) is 15.9 Å². The number of hydrogen-bond acceptors (Lipinski definition) is 4. The minimum Gasteiger partial charge on any atom is -0.340 e. The summed E-state index contributed by atoms with van der Waals surface area (Å²) >= 11 is 3.00. The van der Waals surface area contributed by atoms with Crippen LogP contribution < -0.4 is 4.72 Å². The SMILES string of the molecule is CN(Cc1cccnc1)C(=O)CNS(=O)(=O)c1ccc(F)cc1Br. The van der Waals surface area contributed by atoms with Crippen LogP contribution in [0.5, 0.6) is 0 Å². The molecule has 0 aliphatic carbocycles. The van der Waals surface area contributed by atoms with Crippen molar-refractivity contribution in [1.82, 2.24) is 14.6 Å². The molecular weight excluding hydrogens is 401 g/mol. The fraction of sp³-hybridized carbons (Fsp3) is 0.200. The molecule has 0 bridgehead atoms. The summed E-state index contributed by atoms with van der Waals surface area (Å²) in [6, 6.07) is 6.78.